The van der Waals surface area contributed by atoms with Crippen LogP contribution in [0, 0.1) is 18.3 Å². The predicted molar refractivity (Wildman–Crippen MR) is 90.4 cm³/mol. The number of para-hydroxylation sites is 1. The van der Waals surface area contributed by atoms with Crippen LogP contribution >= 0.6 is 0 Å². The highest BCUT2D eigenvalue weighted by Gasteiger charge is 2.15. The number of aromatic nitrogens is 2. The molecule has 0 saturated carbocycles. The standard InChI is InChI=1S/C19H13N3O/c1-12-6-8-13(9-7-12)16-11-22-17-5-3-2-4-14(17)19(23)21-18(22)15(16)10-20/h2-9,11H,1H3,(H,21,23). The van der Waals surface area contributed by atoms with Crippen LogP contribution in [0.2, 0.25) is 0 Å². The first-order chi connectivity index (χ1) is 11.2. The summed E-state index contributed by atoms with van der Waals surface area (Å²) >= 11 is 0. The molecule has 2 aromatic carbocycles. The molecule has 0 unspecified atom stereocenters. The third-order valence-electron chi connectivity index (χ3n) is 4.12. The fourth-order valence-corrected chi connectivity index (χ4v) is 2.93. The third-order valence-corrected chi connectivity index (χ3v) is 4.12. The molecule has 0 atom stereocenters. The maximum Gasteiger partial charge on any atom is 0.258 e. The molecule has 0 aliphatic rings. The van der Waals surface area contributed by atoms with Gasteiger partial charge < -0.3 is 9.38 Å². The molecule has 4 rings (SSSR count). The summed E-state index contributed by atoms with van der Waals surface area (Å²) < 4.78 is 1.88. The summed E-state index contributed by atoms with van der Waals surface area (Å²) in [5, 5.41) is 10.2. The van der Waals surface area contributed by atoms with Gasteiger partial charge in [0, 0.05) is 11.8 Å². The Bertz CT molecular complexity index is 1140. The summed E-state index contributed by atoms with van der Waals surface area (Å²) in [7, 11) is 0. The van der Waals surface area contributed by atoms with Gasteiger partial charge in [-0.2, -0.15) is 5.26 Å². The van der Waals surface area contributed by atoms with Gasteiger partial charge in [-0.15, -0.1) is 0 Å². The van der Waals surface area contributed by atoms with Crippen molar-refractivity contribution < 1.29 is 0 Å². The minimum atomic E-state index is -0.182. The van der Waals surface area contributed by atoms with Gasteiger partial charge in [0.1, 0.15) is 17.3 Å². The third kappa shape index (κ3) is 1.95. The first-order valence-electron chi connectivity index (χ1n) is 7.32. The monoisotopic (exact) mass is 299 g/mol. The summed E-state index contributed by atoms with van der Waals surface area (Å²) in [5.74, 6) is 0. The van der Waals surface area contributed by atoms with E-state index in [4.69, 9.17) is 0 Å². The van der Waals surface area contributed by atoms with Crippen LogP contribution in [0.4, 0.5) is 0 Å². The van der Waals surface area contributed by atoms with Gasteiger partial charge in [0.25, 0.3) is 5.56 Å². The average Bonchev–Trinajstić information content (AvgIpc) is 2.94. The van der Waals surface area contributed by atoms with Crippen molar-refractivity contribution in [3.05, 3.63) is 76.2 Å². The smallest absolute Gasteiger partial charge is 0.258 e. The second-order valence-electron chi connectivity index (χ2n) is 5.59. The van der Waals surface area contributed by atoms with Gasteiger partial charge in [0.2, 0.25) is 0 Å². The van der Waals surface area contributed by atoms with E-state index >= 15 is 0 Å². The zero-order chi connectivity index (χ0) is 16.0. The highest BCUT2D eigenvalue weighted by molar-refractivity contribution is 5.86. The Labute approximate surface area is 132 Å². The molecule has 4 nitrogen and oxygen atoms in total. The zero-order valence-electron chi connectivity index (χ0n) is 12.5. The molecule has 2 heterocycles. The Morgan fingerprint density at radius 3 is 2.57 bits per heavy atom. The van der Waals surface area contributed by atoms with Gasteiger partial charge in [-0.25, -0.2) is 0 Å². The van der Waals surface area contributed by atoms with Crippen LogP contribution in [0.3, 0.4) is 0 Å². The van der Waals surface area contributed by atoms with Gasteiger partial charge in [0.05, 0.1) is 10.9 Å². The Hall–Kier alpha value is -3.32. The number of nitrogens with one attached hydrogen (secondary N) is 1. The Morgan fingerprint density at radius 1 is 1.09 bits per heavy atom. The van der Waals surface area contributed by atoms with Crippen LogP contribution < -0.4 is 5.56 Å². The van der Waals surface area contributed by atoms with E-state index in [2.05, 4.69) is 11.1 Å². The second kappa shape index (κ2) is 4.85. The molecule has 0 aliphatic heterocycles. The molecule has 110 valence electrons. The van der Waals surface area contributed by atoms with Crippen molar-refractivity contribution in [1.82, 2.24) is 9.38 Å². The summed E-state index contributed by atoms with van der Waals surface area (Å²) in [5.41, 5.74) is 4.57. The number of hydrogen-bond acceptors (Lipinski definition) is 2. The van der Waals surface area contributed by atoms with Gasteiger partial charge in [-0.3, -0.25) is 4.79 Å². The zero-order valence-corrected chi connectivity index (χ0v) is 12.5. The molecule has 2 aromatic heterocycles. The predicted octanol–water partition coefficient (Wildman–Crippen LogP) is 3.63. The topological polar surface area (TPSA) is 61.1 Å². The number of fused-ring (bicyclic) bond motifs is 3. The summed E-state index contributed by atoms with van der Waals surface area (Å²) in [6.45, 7) is 2.02. The van der Waals surface area contributed by atoms with E-state index in [0.29, 0.717) is 16.6 Å². The molecule has 0 radical (unpaired) electrons. The van der Waals surface area contributed by atoms with Crippen LogP contribution in [-0.2, 0) is 0 Å². The van der Waals surface area contributed by atoms with Gasteiger partial charge in [0.15, 0.2) is 0 Å². The van der Waals surface area contributed by atoms with Gasteiger partial charge in [-0.05, 0) is 24.6 Å². The minimum Gasteiger partial charge on any atom is -0.306 e. The first-order valence-corrected chi connectivity index (χ1v) is 7.32. The van der Waals surface area contributed by atoms with E-state index in [-0.39, 0.29) is 5.56 Å². The number of benzene rings is 2. The molecule has 0 saturated heterocycles. The lowest BCUT2D eigenvalue weighted by molar-refractivity contribution is 1.16. The van der Waals surface area contributed by atoms with Crippen LogP contribution in [0.15, 0.2) is 59.5 Å². The van der Waals surface area contributed by atoms with E-state index in [9.17, 15) is 10.1 Å². The molecule has 4 heteroatoms. The van der Waals surface area contributed by atoms with Crippen molar-refractivity contribution in [3.63, 3.8) is 0 Å². The van der Waals surface area contributed by atoms with E-state index in [1.165, 1.54) is 0 Å². The van der Waals surface area contributed by atoms with Crippen molar-refractivity contribution >= 4 is 16.6 Å². The van der Waals surface area contributed by atoms with Crippen molar-refractivity contribution in [2.45, 2.75) is 6.92 Å². The van der Waals surface area contributed by atoms with E-state index < -0.39 is 0 Å². The van der Waals surface area contributed by atoms with Crippen molar-refractivity contribution in [1.29, 1.82) is 5.26 Å². The molecule has 1 N–H and O–H groups in total. The normalized spacial score (nSPS) is 11.0. The lowest BCUT2D eigenvalue weighted by atomic mass is 10.0. The molecule has 4 aromatic rings. The molecule has 0 amide bonds. The SMILES string of the molecule is Cc1ccc(-c2cn3c([nH]c(=O)c4ccccc43)c2C#N)cc1. The fourth-order valence-electron chi connectivity index (χ4n) is 2.93. The molecular weight excluding hydrogens is 286 g/mol. The lowest BCUT2D eigenvalue weighted by Crippen LogP contribution is -2.09. The summed E-state index contributed by atoms with van der Waals surface area (Å²) in [6, 6.07) is 17.6. The number of nitrogens with zero attached hydrogens (tertiary/aromatic N) is 2. The number of nitriles is 1. The largest absolute Gasteiger partial charge is 0.306 e. The Balaban J connectivity index is 2.15. The van der Waals surface area contributed by atoms with Crippen molar-refractivity contribution in [2.75, 3.05) is 0 Å². The second-order valence-corrected chi connectivity index (χ2v) is 5.59. The van der Waals surface area contributed by atoms with Crippen molar-refractivity contribution in [3.8, 4) is 17.2 Å². The van der Waals surface area contributed by atoms with Gasteiger partial charge in [-0.1, -0.05) is 42.0 Å². The fraction of sp³-hybridized carbons (Fsp3) is 0.0526. The number of aryl methyl sites for hydroxylation is 1. The van der Waals surface area contributed by atoms with Gasteiger partial charge >= 0.3 is 0 Å². The molecule has 0 fully saturated rings. The maximum atomic E-state index is 12.3. The average molecular weight is 299 g/mol. The quantitative estimate of drug-likeness (QED) is 0.583. The highest BCUT2D eigenvalue weighted by atomic mass is 16.1. The number of rotatable bonds is 1. The maximum absolute atomic E-state index is 12.3. The molecule has 0 aliphatic carbocycles. The Morgan fingerprint density at radius 2 is 1.83 bits per heavy atom. The van der Waals surface area contributed by atoms with E-state index in [1.54, 1.807) is 6.07 Å². The highest BCUT2D eigenvalue weighted by Crippen LogP contribution is 2.29. The van der Waals surface area contributed by atoms with Crippen LogP contribution in [0.1, 0.15) is 11.1 Å². The van der Waals surface area contributed by atoms with Crippen LogP contribution in [0.5, 0.6) is 0 Å². The minimum absolute atomic E-state index is 0.182. The number of hydrogen-bond donors (Lipinski definition) is 1. The van der Waals surface area contributed by atoms with Crippen molar-refractivity contribution in [2.24, 2.45) is 0 Å². The summed E-state index contributed by atoms with van der Waals surface area (Å²) in [4.78, 5) is 15.1. The molecule has 0 spiro atoms. The Kier molecular flexibility index (Phi) is 2.82. The van der Waals surface area contributed by atoms with Crippen LogP contribution in [0.25, 0.3) is 27.7 Å². The molecule has 23 heavy (non-hydrogen) atoms. The number of aromatic amines is 1. The number of H-pyrrole nitrogens is 1. The first kappa shape index (κ1) is 13.4. The summed E-state index contributed by atoms with van der Waals surface area (Å²) in [6.07, 6.45) is 1.91. The molecular formula is C19H13N3O. The van der Waals surface area contributed by atoms with E-state index in [0.717, 1.165) is 22.2 Å². The van der Waals surface area contributed by atoms with Crippen LogP contribution in [-0.4, -0.2) is 9.38 Å². The lowest BCUT2D eigenvalue weighted by Gasteiger charge is -2.01. The molecule has 0 bridgehead atoms. The van der Waals surface area contributed by atoms with E-state index in [1.807, 2.05) is 60.0 Å².